The lowest BCUT2D eigenvalue weighted by atomic mass is 10.2. The van der Waals surface area contributed by atoms with Gasteiger partial charge in [0.05, 0.1) is 18.1 Å². The van der Waals surface area contributed by atoms with Crippen molar-refractivity contribution < 1.29 is 0 Å². The topological polar surface area (TPSA) is 43.6 Å². The molecule has 0 amide bonds. The van der Waals surface area contributed by atoms with Crippen molar-refractivity contribution in [3.63, 3.8) is 0 Å². The molecule has 0 bridgehead atoms. The second-order valence-electron chi connectivity index (χ2n) is 3.81. The molecule has 90 valence electrons. The van der Waals surface area contributed by atoms with Gasteiger partial charge in [-0.15, -0.1) is 0 Å². The zero-order valence-corrected chi connectivity index (χ0v) is 10.7. The molecule has 0 saturated heterocycles. The Morgan fingerprint density at radius 2 is 1.83 bits per heavy atom. The Balaban J connectivity index is 2.08. The first kappa shape index (κ1) is 11.4. The van der Waals surface area contributed by atoms with Crippen LogP contribution in [-0.2, 0) is 6.54 Å². The summed E-state index contributed by atoms with van der Waals surface area (Å²) in [6.45, 7) is 0.619. The van der Waals surface area contributed by atoms with Crippen molar-refractivity contribution in [3.05, 3.63) is 52.5 Å². The molecule has 3 rings (SSSR count). The van der Waals surface area contributed by atoms with Crippen molar-refractivity contribution in [2.24, 2.45) is 0 Å². The highest BCUT2D eigenvalue weighted by atomic mass is 35.5. The van der Waals surface area contributed by atoms with Crippen LogP contribution in [0.1, 0.15) is 5.56 Å². The van der Waals surface area contributed by atoms with Gasteiger partial charge >= 0.3 is 0 Å². The first-order valence-electron chi connectivity index (χ1n) is 5.32. The minimum atomic E-state index is 0.127. The summed E-state index contributed by atoms with van der Waals surface area (Å²) in [5.41, 5.74) is 1.78. The average molecular weight is 279 g/mol. The van der Waals surface area contributed by atoms with Crippen molar-refractivity contribution in [1.29, 1.82) is 0 Å². The normalized spacial score (nSPS) is 11.0. The van der Waals surface area contributed by atoms with Crippen molar-refractivity contribution in [2.45, 2.75) is 6.54 Å². The molecule has 2 heterocycles. The quantitative estimate of drug-likeness (QED) is 0.534. The molecule has 4 nitrogen and oxygen atoms in total. The first-order valence-corrected chi connectivity index (χ1v) is 6.08. The van der Waals surface area contributed by atoms with Crippen molar-refractivity contribution >= 4 is 34.2 Å². The van der Waals surface area contributed by atoms with E-state index in [-0.39, 0.29) is 5.28 Å². The summed E-state index contributed by atoms with van der Waals surface area (Å²) >= 11 is 11.8. The molecule has 0 fully saturated rings. The lowest BCUT2D eigenvalue weighted by molar-refractivity contribution is 0.704. The van der Waals surface area contributed by atoms with Crippen molar-refractivity contribution in [1.82, 2.24) is 19.7 Å². The van der Waals surface area contributed by atoms with E-state index in [0.29, 0.717) is 22.7 Å². The Kier molecular flexibility index (Phi) is 2.89. The molecule has 0 N–H and O–H groups in total. The Morgan fingerprint density at radius 1 is 1.06 bits per heavy atom. The minimum Gasteiger partial charge on any atom is -0.243 e. The van der Waals surface area contributed by atoms with E-state index >= 15 is 0 Å². The van der Waals surface area contributed by atoms with E-state index in [9.17, 15) is 0 Å². The molecule has 3 aromatic rings. The summed E-state index contributed by atoms with van der Waals surface area (Å²) in [6, 6.07) is 9.99. The second-order valence-corrected chi connectivity index (χ2v) is 4.50. The fourth-order valence-corrected chi connectivity index (χ4v) is 2.19. The molecule has 0 aliphatic rings. The number of rotatable bonds is 2. The standard InChI is InChI=1S/C12H8Cl2N4/c13-10-9-6-15-18(11(9)17-12(14)16-10)7-8-4-2-1-3-5-8/h1-6H,7H2. The van der Waals surface area contributed by atoms with E-state index in [4.69, 9.17) is 23.2 Å². The number of benzene rings is 1. The molecule has 2 aromatic heterocycles. The van der Waals surface area contributed by atoms with Crippen LogP contribution in [0.15, 0.2) is 36.5 Å². The molecule has 0 unspecified atom stereocenters. The molecule has 0 radical (unpaired) electrons. The largest absolute Gasteiger partial charge is 0.243 e. The van der Waals surface area contributed by atoms with Crippen LogP contribution in [0.5, 0.6) is 0 Å². The number of nitrogens with zero attached hydrogens (tertiary/aromatic N) is 4. The number of hydrogen-bond donors (Lipinski definition) is 0. The minimum absolute atomic E-state index is 0.127. The van der Waals surface area contributed by atoms with E-state index < -0.39 is 0 Å². The fraction of sp³-hybridized carbons (Fsp3) is 0.0833. The maximum Gasteiger partial charge on any atom is 0.225 e. The molecule has 18 heavy (non-hydrogen) atoms. The maximum atomic E-state index is 5.99. The highest BCUT2D eigenvalue weighted by Crippen LogP contribution is 2.22. The third-order valence-electron chi connectivity index (χ3n) is 2.60. The van der Waals surface area contributed by atoms with Gasteiger partial charge in [-0.2, -0.15) is 10.1 Å². The average Bonchev–Trinajstić information content (AvgIpc) is 2.74. The van der Waals surface area contributed by atoms with Gasteiger partial charge in [0.25, 0.3) is 0 Å². The third-order valence-corrected chi connectivity index (χ3v) is 3.05. The Morgan fingerprint density at radius 3 is 2.61 bits per heavy atom. The molecule has 6 heteroatoms. The summed E-state index contributed by atoms with van der Waals surface area (Å²) < 4.78 is 1.75. The maximum absolute atomic E-state index is 5.99. The first-order chi connectivity index (χ1) is 8.74. The van der Waals surface area contributed by atoms with Crippen LogP contribution in [0.25, 0.3) is 11.0 Å². The Bertz CT molecular complexity index is 694. The van der Waals surface area contributed by atoms with E-state index in [1.165, 1.54) is 0 Å². The van der Waals surface area contributed by atoms with Crippen molar-refractivity contribution in [2.75, 3.05) is 0 Å². The van der Waals surface area contributed by atoms with E-state index in [1.54, 1.807) is 10.9 Å². The van der Waals surface area contributed by atoms with Gasteiger partial charge in [-0.25, -0.2) is 9.67 Å². The number of fused-ring (bicyclic) bond motifs is 1. The SMILES string of the molecule is Clc1nc(Cl)c2cnn(Cc3ccccc3)c2n1. The van der Waals surface area contributed by atoms with Gasteiger partial charge in [0.15, 0.2) is 5.65 Å². The van der Waals surface area contributed by atoms with Crippen LogP contribution in [0.2, 0.25) is 10.4 Å². The van der Waals surface area contributed by atoms with Gasteiger partial charge in [-0.3, -0.25) is 0 Å². The number of hydrogen-bond acceptors (Lipinski definition) is 3. The highest BCUT2D eigenvalue weighted by molar-refractivity contribution is 6.35. The van der Waals surface area contributed by atoms with Crippen LogP contribution in [0.4, 0.5) is 0 Å². The van der Waals surface area contributed by atoms with E-state index in [2.05, 4.69) is 15.1 Å². The molecule has 0 aliphatic heterocycles. The fourth-order valence-electron chi connectivity index (χ4n) is 1.77. The van der Waals surface area contributed by atoms with E-state index in [1.807, 2.05) is 30.3 Å². The lowest BCUT2D eigenvalue weighted by Gasteiger charge is -2.03. The third kappa shape index (κ3) is 2.05. The monoisotopic (exact) mass is 278 g/mol. The summed E-state index contributed by atoms with van der Waals surface area (Å²) in [6.07, 6.45) is 1.65. The van der Waals surface area contributed by atoms with Crippen LogP contribution >= 0.6 is 23.2 Å². The van der Waals surface area contributed by atoms with Crippen LogP contribution < -0.4 is 0 Å². The number of halogens is 2. The molecular weight excluding hydrogens is 271 g/mol. The van der Waals surface area contributed by atoms with Gasteiger partial charge < -0.3 is 0 Å². The van der Waals surface area contributed by atoms with Gasteiger partial charge in [-0.1, -0.05) is 41.9 Å². The number of aromatic nitrogens is 4. The van der Waals surface area contributed by atoms with Gasteiger partial charge in [0.2, 0.25) is 5.28 Å². The van der Waals surface area contributed by atoms with Crippen LogP contribution in [0.3, 0.4) is 0 Å². The molecule has 0 aliphatic carbocycles. The summed E-state index contributed by atoms with van der Waals surface area (Å²) in [5, 5.41) is 5.42. The predicted octanol–water partition coefficient (Wildman–Crippen LogP) is 3.18. The summed E-state index contributed by atoms with van der Waals surface area (Å²) in [5.74, 6) is 0. The molecule has 0 saturated carbocycles. The van der Waals surface area contributed by atoms with Gasteiger partial charge in [0.1, 0.15) is 5.15 Å². The van der Waals surface area contributed by atoms with E-state index in [0.717, 1.165) is 5.56 Å². The Hall–Kier alpha value is -1.65. The zero-order valence-electron chi connectivity index (χ0n) is 9.22. The second kappa shape index (κ2) is 4.55. The van der Waals surface area contributed by atoms with Gasteiger partial charge in [0, 0.05) is 0 Å². The molecule has 0 atom stereocenters. The highest BCUT2D eigenvalue weighted by Gasteiger charge is 2.10. The molecular formula is C12H8Cl2N4. The zero-order chi connectivity index (χ0) is 12.5. The predicted molar refractivity (Wildman–Crippen MR) is 70.9 cm³/mol. The van der Waals surface area contributed by atoms with Crippen LogP contribution in [0, 0.1) is 0 Å². The molecule has 1 aromatic carbocycles. The lowest BCUT2D eigenvalue weighted by Crippen LogP contribution is -2.02. The van der Waals surface area contributed by atoms with Crippen molar-refractivity contribution in [3.8, 4) is 0 Å². The van der Waals surface area contributed by atoms with Gasteiger partial charge in [-0.05, 0) is 17.2 Å². The Labute approximate surface area is 113 Å². The smallest absolute Gasteiger partial charge is 0.225 e. The summed E-state index contributed by atoms with van der Waals surface area (Å²) in [4.78, 5) is 8.05. The van der Waals surface area contributed by atoms with Crippen LogP contribution in [-0.4, -0.2) is 19.7 Å². The summed E-state index contributed by atoms with van der Waals surface area (Å²) in [7, 11) is 0. The molecule has 0 spiro atoms.